The minimum absolute atomic E-state index is 0.169. The standard InChI is InChI=1S/C10H7BrINO2/c1-15-9(14)4-7-2-6(5-13)3-8(12)10(7)11/h2-3H,4H2,1H3. The van der Waals surface area contributed by atoms with Crippen LogP contribution in [0.3, 0.4) is 0 Å². The molecule has 78 valence electrons. The second-order valence-corrected chi connectivity index (χ2v) is 4.75. The van der Waals surface area contributed by atoms with Crippen molar-refractivity contribution in [3.8, 4) is 6.07 Å². The fourth-order valence-electron chi connectivity index (χ4n) is 1.07. The number of carbonyl (C=O) groups excluding carboxylic acids is 1. The van der Waals surface area contributed by atoms with E-state index in [1.54, 1.807) is 12.1 Å². The monoisotopic (exact) mass is 379 g/mol. The third-order valence-corrected chi connectivity index (χ3v) is 4.32. The van der Waals surface area contributed by atoms with E-state index in [1.807, 2.05) is 6.07 Å². The van der Waals surface area contributed by atoms with Crippen molar-refractivity contribution in [1.82, 2.24) is 0 Å². The molecule has 0 saturated carbocycles. The molecule has 0 radical (unpaired) electrons. The van der Waals surface area contributed by atoms with Gasteiger partial charge < -0.3 is 4.74 Å². The minimum Gasteiger partial charge on any atom is -0.469 e. The van der Waals surface area contributed by atoms with Crippen LogP contribution in [0.1, 0.15) is 11.1 Å². The molecule has 0 aromatic heterocycles. The zero-order valence-electron chi connectivity index (χ0n) is 7.88. The predicted molar refractivity (Wildman–Crippen MR) is 67.3 cm³/mol. The van der Waals surface area contributed by atoms with Gasteiger partial charge in [-0.3, -0.25) is 4.79 Å². The van der Waals surface area contributed by atoms with E-state index in [4.69, 9.17) is 5.26 Å². The maximum atomic E-state index is 11.1. The normalized spacial score (nSPS) is 9.47. The van der Waals surface area contributed by atoms with E-state index in [9.17, 15) is 4.79 Å². The van der Waals surface area contributed by atoms with Crippen molar-refractivity contribution in [3.63, 3.8) is 0 Å². The maximum Gasteiger partial charge on any atom is 0.310 e. The van der Waals surface area contributed by atoms with Crippen LogP contribution in [0.4, 0.5) is 0 Å². The summed E-state index contributed by atoms with van der Waals surface area (Å²) in [5.41, 5.74) is 1.31. The van der Waals surface area contributed by atoms with Crippen molar-refractivity contribution in [2.24, 2.45) is 0 Å². The van der Waals surface area contributed by atoms with Crippen molar-refractivity contribution < 1.29 is 9.53 Å². The molecule has 0 amide bonds. The van der Waals surface area contributed by atoms with Gasteiger partial charge in [0.05, 0.1) is 25.2 Å². The number of rotatable bonds is 2. The molecule has 1 aromatic rings. The lowest BCUT2D eigenvalue weighted by Crippen LogP contribution is -2.05. The van der Waals surface area contributed by atoms with Crippen LogP contribution in [0.2, 0.25) is 0 Å². The van der Waals surface area contributed by atoms with Crippen molar-refractivity contribution in [2.45, 2.75) is 6.42 Å². The molecule has 0 atom stereocenters. The Morgan fingerprint density at radius 3 is 2.87 bits per heavy atom. The highest BCUT2D eigenvalue weighted by Crippen LogP contribution is 2.25. The van der Waals surface area contributed by atoms with Gasteiger partial charge in [-0.15, -0.1) is 0 Å². The molecule has 0 aliphatic heterocycles. The fraction of sp³-hybridized carbons (Fsp3) is 0.200. The first-order valence-electron chi connectivity index (χ1n) is 4.03. The fourth-order valence-corrected chi connectivity index (χ4v) is 2.12. The number of hydrogen-bond donors (Lipinski definition) is 0. The van der Waals surface area contributed by atoms with E-state index in [-0.39, 0.29) is 12.4 Å². The van der Waals surface area contributed by atoms with Gasteiger partial charge in [-0.25, -0.2) is 0 Å². The topological polar surface area (TPSA) is 50.1 Å². The van der Waals surface area contributed by atoms with E-state index in [1.165, 1.54) is 7.11 Å². The lowest BCUT2D eigenvalue weighted by atomic mass is 10.1. The Kier molecular flexibility index (Phi) is 4.54. The molecule has 0 N–H and O–H groups in total. The average Bonchev–Trinajstić information content (AvgIpc) is 2.24. The predicted octanol–water partition coefficient (Wildman–Crippen LogP) is 2.64. The van der Waals surface area contributed by atoms with Gasteiger partial charge in [0.2, 0.25) is 0 Å². The van der Waals surface area contributed by atoms with Gasteiger partial charge >= 0.3 is 5.97 Å². The second kappa shape index (κ2) is 5.47. The zero-order chi connectivity index (χ0) is 11.4. The SMILES string of the molecule is COC(=O)Cc1cc(C#N)cc(I)c1Br. The molecule has 1 aromatic carbocycles. The molecule has 15 heavy (non-hydrogen) atoms. The Bertz CT molecular complexity index is 440. The lowest BCUT2D eigenvalue weighted by molar-refractivity contribution is -0.139. The van der Waals surface area contributed by atoms with Gasteiger partial charge in [0.25, 0.3) is 0 Å². The number of esters is 1. The number of benzene rings is 1. The van der Waals surface area contributed by atoms with Crippen LogP contribution in [0.15, 0.2) is 16.6 Å². The summed E-state index contributed by atoms with van der Waals surface area (Å²) < 4.78 is 6.33. The van der Waals surface area contributed by atoms with E-state index in [2.05, 4.69) is 43.3 Å². The number of ether oxygens (including phenoxy) is 1. The summed E-state index contributed by atoms with van der Waals surface area (Å²) in [6.07, 6.45) is 0.169. The summed E-state index contributed by atoms with van der Waals surface area (Å²) in [5, 5.41) is 8.78. The van der Waals surface area contributed by atoms with Crippen LogP contribution in [-0.2, 0) is 16.0 Å². The summed E-state index contributed by atoms with van der Waals surface area (Å²) in [4.78, 5) is 11.1. The van der Waals surface area contributed by atoms with E-state index in [0.29, 0.717) is 5.56 Å². The van der Waals surface area contributed by atoms with E-state index in [0.717, 1.165) is 13.6 Å². The molecule has 0 bridgehead atoms. The van der Waals surface area contributed by atoms with Crippen molar-refractivity contribution in [1.29, 1.82) is 5.26 Å². The van der Waals surface area contributed by atoms with Gasteiger partial charge in [-0.05, 0) is 56.2 Å². The maximum absolute atomic E-state index is 11.1. The third kappa shape index (κ3) is 3.18. The van der Waals surface area contributed by atoms with E-state index >= 15 is 0 Å². The molecule has 1 rings (SSSR count). The molecule has 0 heterocycles. The number of methoxy groups -OCH3 is 1. The summed E-state index contributed by atoms with van der Waals surface area (Å²) in [7, 11) is 1.34. The van der Waals surface area contributed by atoms with Gasteiger partial charge in [-0.2, -0.15) is 5.26 Å². The number of hydrogen-bond acceptors (Lipinski definition) is 3. The Hall–Kier alpha value is -0.610. The first-order chi connectivity index (χ1) is 7.08. The summed E-state index contributed by atoms with van der Waals surface area (Å²) in [5.74, 6) is -0.318. The van der Waals surface area contributed by atoms with Gasteiger partial charge in [0.1, 0.15) is 0 Å². The zero-order valence-corrected chi connectivity index (χ0v) is 11.6. The highest BCUT2D eigenvalue weighted by atomic mass is 127. The quantitative estimate of drug-likeness (QED) is 0.586. The van der Waals surface area contributed by atoms with Crippen molar-refractivity contribution >= 4 is 44.5 Å². The third-order valence-electron chi connectivity index (χ3n) is 1.80. The van der Waals surface area contributed by atoms with Crippen LogP contribution >= 0.6 is 38.5 Å². The molecule has 0 aliphatic carbocycles. The highest BCUT2D eigenvalue weighted by molar-refractivity contribution is 14.1. The minimum atomic E-state index is -0.318. The number of carbonyl (C=O) groups is 1. The second-order valence-electron chi connectivity index (χ2n) is 2.80. The largest absolute Gasteiger partial charge is 0.469 e. The van der Waals surface area contributed by atoms with Crippen molar-refractivity contribution in [2.75, 3.05) is 7.11 Å². The van der Waals surface area contributed by atoms with Gasteiger partial charge in [0.15, 0.2) is 0 Å². The average molecular weight is 380 g/mol. The number of nitrogens with zero attached hydrogens (tertiary/aromatic N) is 1. The van der Waals surface area contributed by atoms with Crippen LogP contribution < -0.4 is 0 Å². The summed E-state index contributed by atoms with van der Waals surface area (Å²) in [6, 6.07) is 5.49. The summed E-state index contributed by atoms with van der Waals surface area (Å²) in [6.45, 7) is 0. The first-order valence-corrected chi connectivity index (χ1v) is 5.90. The molecule has 0 saturated heterocycles. The molecular weight excluding hydrogens is 373 g/mol. The van der Waals surface area contributed by atoms with E-state index < -0.39 is 0 Å². The van der Waals surface area contributed by atoms with Gasteiger partial charge in [-0.1, -0.05) is 0 Å². The Morgan fingerprint density at radius 2 is 2.33 bits per heavy atom. The highest BCUT2D eigenvalue weighted by Gasteiger charge is 2.10. The molecule has 5 heteroatoms. The number of halogens is 2. The molecule has 0 fully saturated rings. The molecule has 0 unspecified atom stereocenters. The molecule has 3 nitrogen and oxygen atoms in total. The van der Waals surface area contributed by atoms with Crippen LogP contribution in [0, 0.1) is 14.9 Å². The van der Waals surface area contributed by atoms with Crippen LogP contribution in [0.25, 0.3) is 0 Å². The molecule has 0 spiro atoms. The Morgan fingerprint density at radius 1 is 1.67 bits per heavy atom. The smallest absolute Gasteiger partial charge is 0.310 e. The first kappa shape index (κ1) is 12.5. The molecular formula is C10H7BrINO2. The van der Waals surface area contributed by atoms with Gasteiger partial charge in [0, 0.05) is 8.04 Å². The summed E-state index contributed by atoms with van der Waals surface area (Å²) >= 11 is 5.48. The lowest BCUT2D eigenvalue weighted by Gasteiger charge is -2.05. The Balaban J connectivity index is 3.12. The molecule has 0 aliphatic rings. The number of nitriles is 1. The van der Waals surface area contributed by atoms with Crippen LogP contribution in [0.5, 0.6) is 0 Å². The van der Waals surface area contributed by atoms with Crippen molar-refractivity contribution in [3.05, 3.63) is 31.3 Å². The van der Waals surface area contributed by atoms with Crippen LogP contribution in [-0.4, -0.2) is 13.1 Å². The Labute approximate surface area is 110 Å².